The second-order valence-corrected chi connectivity index (χ2v) is 7.10. The molecule has 1 aromatic carbocycles. The van der Waals surface area contributed by atoms with E-state index in [9.17, 15) is 8.42 Å². The maximum absolute atomic E-state index is 12.4. The molecule has 118 valence electrons. The lowest BCUT2D eigenvalue weighted by molar-refractivity contribution is 0.193. The zero-order chi connectivity index (χ0) is 15.1. The lowest BCUT2D eigenvalue weighted by Crippen LogP contribution is -2.27. The first-order chi connectivity index (χ1) is 10.1. The Kier molecular flexibility index (Phi) is 6.17. The average molecular weight is 312 g/mol. The van der Waals surface area contributed by atoms with Gasteiger partial charge in [-0.15, -0.1) is 0 Å². The van der Waals surface area contributed by atoms with Crippen molar-refractivity contribution in [1.29, 1.82) is 0 Å². The van der Waals surface area contributed by atoms with Gasteiger partial charge in [0.1, 0.15) is 0 Å². The molecule has 0 radical (unpaired) electrons. The van der Waals surface area contributed by atoms with Crippen LogP contribution in [-0.4, -0.2) is 34.7 Å². The molecule has 6 heteroatoms. The molecular formula is C15H24N2O3S. The SMILES string of the molecule is COCCCCNS(=O)(=O)c1ccccc1CNC1CC1. The van der Waals surface area contributed by atoms with E-state index in [0.29, 0.717) is 30.6 Å². The molecule has 0 atom stereocenters. The van der Waals surface area contributed by atoms with Gasteiger partial charge in [-0.2, -0.15) is 0 Å². The lowest BCUT2D eigenvalue weighted by Gasteiger charge is -2.12. The molecule has 0 aromatic heterocycles. The summed E-state index contributed by atoms with van der Waals surface area (Å²) >= 11 is 0. The molecule has 0 saturated heterocycles. The van der Waals surface area contributed by atoms with Crippen molar-refractivity contribution in [1.82, 2.24) is 10.0 Å². The summed E-state index contributed by atoms with van der Waals surface area (Å²) in [6.07, 6.45) is 4.00. The van der Waals surface area contributed by atoms with Crippen molar-refractivity contribution in [3.63, 3.8) is 0 Å². The molecule has 0 heterocycles. The Morgan fingerprint density at radius 3 is 2.71 bits per heavy atom. The van der Waals surface area contributed by atoms with Crippen LogP contribution in [0.1, 0.15) is 31.2 Å². The van der Waals surface area contributed by atoms with E-state index in [-0.39, 0.29) is 0 Å². The predicted molar refractivity (Wildman–Crippen MR) is 82.6 cm³/mol. The van der Waals surface area contributed by atoms with Crippen molar-refractivity contribution in [2.24, 2.45) is 0 Å². The summed E-state index contributed by atoms with van der Waals surface area (Å²) in [6, 6.07) is 7.74. The highest BCUT2D eigenvalue weighted by molar-refractivity contribution is 7.89. The van der Waals surface area contributed by atoms with Gasteiger partial charge < -0.3 is 10.1 Å². The van der Waals surface area contributed by atoms with Gasteiger partial charge in [0.25, 0.3) is 0 Å². The summed E-state index contributed by atoms with van der Waals surface area (Å²) in [4.78, 5) is 0.380. The van der Waals surface area contributed by atoms with Crippen molar-refractivity contribution in [2.75, 3.05) is 20.3 Å². The molecule has 1 aromatic rings. The van der Waals surface area contributed by atoms with Crippen LogP contribution in [0.3, 0.4) is 0 Å². The van der Waals surface area contributed by atoms with Gasteiger partial charge in [-0.1, -0.05) is 18.2 Å². The Morgan fingerprint density at radius 2 is 2.00 bits per heavy atom. The maximum atomic E-state index is 12.4. The third-order valence-corrected chi connectivity index (χ3v) is 5.05. The summed E-state index contributed by atoms with van der Waals surface area (Å²) in [5, 5.41) is 3.36. The minimum Gasteiger partial charge on any atom is -0.385 e. The summed E-state index contributed by atoms with van der Waals surface area (Å²) in [7, 11) is -1.79. The fraction of sp³-hybridized carbons (Fsp3) is 0.600. The zero-order valence-electron chi connectivity index (χ0n) is 12.5. The van der Waals surface area contributed by atoms with Crippen molar-refractivity contribution < 1.29 is 13.2 Å². The molecule has 0 bridgehead atoms. The minimum atomic E-state index is -3.44. The Balaban J connectivity index is 1.94. The van der Waals surface area contributed by atoms with Gasteiger partial charge in [0.2, 0.25) is 10.0 Å². The van der Waals surface area contributed by atoms with Crippen molar-refractivity contribution >= 4 is 10.0 Å². The molecule has 0 unspecified atom stereocenters. The first-order valence-corrected chi connectivity index (χ1v) is 8.91. The smallest absolute Gasteiger partial charge is 0.240 e. The van der Waals surface area contributed by atoms with Crippen molar-refractivity contribution in [2.45, 2.75) is 43.2 Å². The summed E-state index contributed by atoms with van der Waals surface area (Å²) < 4.78 is 32.4. The third-order valence-electron chi connectivity index (χ3n) is 3.49. The largest absolute Gasteiger partial charge is 0.385 e. The van der Waals surface area contributed by atoms with Crippen LogP contribution in [0.15, 0.2) is 29.2 Å². The van der Waals surface area contributed by atoms with Crippen LogP contribution in [0, 0.1) is 0 Å². The molecule has 1 fully saturated rings. The van der Waals surface area contributed by atoms with E-state index in [1.54, 1.807) is 19.2 Å². The van der Waals surface area contributed by atoms with Crippen LogP contribution in [-0.2, 0) is 21.3 Å². The van der Waals surface area contributed by atoms with Gasteiger partial charge in [-0.05, 0) is 37.3 Å². The normalized spacial score (nSPS) is 15.3. The molecule has 0 aliphatic heterocycles. The molecule has 2 N–H and O–H groups in total. The van der Waals surface area contributed by atoms with Gasteiger partial charge in [-0.3, -0.25) is 0 Å². The minimum absolute atomic E-state index is 0.380. The van der Waals surface area contributed by atoms with E-state index < -0.39 is 10.0 Å². The van der Waals surface area contributed by atoms with Crippen LogP contribution < -0.4 is 10.0 Å². The molecule has 0 spiro atoms. The van der Waals surface area contributed by atoms with E-state index in [1.807, 2.05) is 12.1 Å². The number of methoxy groups -OCH3 is 1. The zero-order valence-corrected chi connectivity index (χ0v) is 13.3. The highest BCUT2D eigenvalue weighted by Crippen LogP contribution is 2.21. The van der Waals surface area contributed by atoms with E-state index in [2.05, 4.69) is 10.0 Å². The number of hydrogen-bond acceptors (Lipinski definition) is 4. The van der Waals surface area contributed by atoms with Gasteiger partial charge in [0, 0.05) is 32.8 Å². The molecular weight excluding hydrogens is 288 g/mol. The summed E-state index contributed by atoms with van der Waals surface area (Å²) in [5.41, 5.74) is 0.828. The van der Waals surface area contributed by atoms with Crippen molar-refractivity contribution in [3.05, 3.63) is 29.8 Å². The first kappa shape index (κ1) is 16.4. The number of nitrogens with one attached hydrogen (secondary N) is 2. The van der Waals surface area contributed by atoms with Gasteiger partial charge in [0.15, 0.2) is 0 Å². The molecule has 0 amide bonds. The third kappa shape index (κ3) is 5.39. The lowest BCUT2D eigenvalue weighted by atomic mass is 10.2. The van der Waals surface area contributed by atoms with Crippen LogP contribution in [0.5, 0.6) is 0 Å². The summed E-state index contributed by atoms with van der Waals surface area (Å²) in [5.74, 6) is 0. The number of rotatable bonds is 10. The van der Waals surface area contributed by atoms with Gasteiger partial charge in [-0.25, -0.2) is 13.1 Å². The monoisotopic (exact) mass is 312 g/mol. The second kappa shape index (κ2) is 7.89. The Morgan fingerprint density at radius 1 is 1.24 bits per heavy atom. The molecule has 1 saturated carbocycles. The Hall–Kier alpha value is -0.950. The van der Waals surface area contributed by atoms with Crippen LogP contribution in [0.2, 0.25) is 0 Å². The van der Waals surface area contributed by atoms with E-state index in [4.69, 9.17) is 4.74 Å². The predicted octanol–water partition coefficient (Wildman–Crippen LogP) is 1.64. The Labute approximate surface area is 127 Å². The topological polar surface area (TPSA) is 67.4 Å². The fourth-order valence-electron chi connectivity index (χ4n) is 2.11. The second-order valence-electron chi connectivity index (χ2n) is 5.36. The molecule has 1 aliphatic carbocycles. The first-order valence-electron chi connectivity index (χ1n) is 7.43. The van der Waals surface area contributed by atoms with Crippen LogP contribution in [0.4, 0.5) is 0 Å². The summed E-state index contributed by atoms with van der Waals surface area (Å²) in [6.45, 7) is 1.70. The van der Waals surface area contributed by atoms with Crippen molar-refractivity contribution in [3.8, 4) is 0 Å². The fourth-order valence-corrected chi connectivity index (χ4v) is 3.42. The quantitative estimate of drug-likeness (QED) is 0.645. The molecule has 1 aliphatic rings. The average Bonchev–Trinajstić information content (AvgIpc) is 3.29. The number of sulfonamides is 1. The van der Waals surface area contributed by atoms with Crippen LogP contribution >= 0.6 is 0 Å². The molecule has 21 heavy (non-hydrogen) atoms. The standard InChI is InChI=1S/C15H24N2O3S/c1-20-11-5-4-10-17-21(18,19)15-7-3-2-6-13(15)12-16-14-8-9-14/h2-3,6-7,14,16-17H,4-5,8-12H2,1H3. The number of benzene rings is 1. The number of unbranched alkanes of at least 4 members (excludes halogenated alkanes) is 1. The van der Waals surface area contributed by atoms with Crippen LogP contribution in [0.25, 0.3) is 0 Å². The van der Waals surface area contributed by atoms with Gasteiger partial charge in [0.05, 0.1) is 4.90 Å². The highest BCUT2D eigenvalue weighted by Gasteiger charge is 2.22. The number of ether oxygens (including phenoxy) is 1. The molecule has 5 nitrogen and oxygen atoms in total. The van der Waals surface area contributed by atoms with E-state index >= 15 is 0 Å². The maximum Gasteiger partial charge on any atom is 0.240 e. The molecule has 2 rings (SSSR count). The highest BCUT2D eigenvalue weighted by atomic mass is 32.2. The van der Waals surface area contributed by atoms with E-state index in [0.717, 1.165) is 18.4 Å². The van der Waals surface area contributed by atoms with E-state index in [1.165, 1.54) is 12.8 Å². The van der Waals surface area contributed by atoms with Gasteiger partial charge >= 0.3 is 0 Å². The Bertz CT molecular complexity index is 542. The number of hydrogen-bond donors (Lipinski definition) is 2.